The van der Waals surface area contributed by atoms with Crippen molar-refractivity contribution in [3.05, 3.63) is 59.7 Å². The molecule has 0 aromatic heterocycles. The van der Waals surface area contributed by atoms with Crippen LogP contribution in [0, 0.1) is 6.92 Å². The highest BCUT2D eigenvalue weighted by molar-refractivity contribution is 7.89. The summed E-state index contributed by atoms with van der Waals surface area (Å²) in [4.78, 5) is 0.326. The second kappa shape index (κ2) is 7.58. The van der Waals surface area contributed by atoms with Crippen LogP contribution in [-0.4, -0.2) is 26.4 Å². The van der Waals surface area contributed by atoms with Crippen LogP contribution in [-0.2, 0) is 10.0 Å². The van der Waals surface area contributed by atoms with Crippen molar-refractivity contribution in [1.29, 1.82) is 0 Å². The first-order valence-electron chi connectivity index (χ1n) is 8.75. The molecule has 2 aromatic carbocycles. The van der Waals surface area contributed by atoms with Crippen molar-refractivity contribution in [1.82, 2.24) is 4.31 Å². The summed E-state index contributed by atoms with van der Waals surface area (Å²) < 4.78 is 33.4. The highest BCUT2D eigenvalue weighted by Crippen LogP contribution is 2.35. The zero-order chi connectivity index (χ0) is 17.9. The van der Waals surface area contributed by atoms with E-state index in [9.17, 15) is 8.42 Å². The van der Waals surface area contributed by atoms with Crippen LogP contribution in [0.5, 0.6) is 5.75 Å². The molecule has 0 amide bonds. The summed E-state index contributed by atoms with van der Waals surface area (Å²) in [5.74, 6) is 0.657. The van der Waals surface area contributed by atoms with Crippen molar-refractivity contribution in [2.24, 2.45) is 0 Å². The molecule has 0 radical (unpaired) electrons. The highest BCUT2D eigenvalue weighted by atomic mass is 32.2. The van der Waals surface area contributed by atoms with Crippen LogP contribution in [0.3, 0.4) is 0 Å². The summed E-state index contributed by atoms with van der Waals surface area (Å²) in [5.41, 5.74) is 2.26. The number of hydrogen-bond donors (Lipinski definition) is 0. The lowest BCUT2D eigenvalue weighted by Crippen LogP contribution is -2.34. The molecular formula is C20H25NO3S. The summed E-state index contributed by atoms with van der Waals surface area (Å²) in [5, 5.41) is 0. The first-order chi connectivity index (χ1) is 12.0. The van der Waals surface area contributed by atoms with Crippen LogP contribution in [0.4, 0.5) is 0 Å². The molecule has 1 unspecified atom stereocenters. The number of sulfonamides is 1. The lowest BCUT2D eigenvalue weighted by atomic mass is 10.0. The molecule has 1 aliphatic heterocycles. The Kier molecular flexibility index (Phi) is 5.45. The van der Waals surface area contributed by atoms with Gasteiger partial charge in [0.05, 0.1) is 18.0 Å². The third-order valence-corrected chi connectivity index (χ3v) is 6.75. The Labute approximate surface area is 150 Å². The van der Waals surface area contributed by atoms with Gasteiger partial charge < -0.3 is 4.74 Å². The van der Waals surface area contributed by atoms with Crippen LogP contribution in [0.25, 0.3) is 0 Å². The summed E-state index contributed by atoms with van der Waals surface area (Å²) in [6.07, 6.45) is 3.88. The molecule has 2 aromatic rings. The second-order valence-corrected chi connectivity index (χ2v) is 8.46. The monoisotopic (exact) mass is 359 g/mol. The number of nitrogens with zero attached hydrogens (tertiary/aromatic N) is 1. The maximum atomic E-state index is 13.3. The zero-order valence-corrected chi connectivity index (χ0v) is 15.6. The van der Waals surface area contributed by atoms with E-state index in [1.807, 2.05) is 6.92 Å². The molecule has 1 aliphatic rings. The average Bonchev–Trinajstić information content (AvgIpc) is 2.89. The van der Waals surface area contributed by atoms with Crippen LogP contribution in [0.15, 0.2) is 53.4 Å². The fraction of sp³-hybridized carbons (Fsp3) is 0.400. The maximum absolute atomic E-state index is 13.3. The molecule has 134 valence electrons. The van der Waals surface area contributed by atoms with Crippen molar-refractivity contribution in [3.63, 3.8) is 0 Å². The number of rotatable bonds is 4. The molecule has 1 saturated heterocycles. The first-order valence-corrected chi connectivity index (χ1v) is 10.2. The summed E-state index contributed by atoms with van der Waals surface area (Å²) in [6, 6.07) is 14.8. The fourth-order valence-electron chi connectivity index (χ4n) is 3.37. The number of aryl methyl sites for hydroxylation is 1. The van der Waals surface area contributed by atoms with Gasteiger partial charge in [0.1, 0.15) is 5.75 Å². The fourth-order valence-corrected chi connectivity index (χ4v) is 5.06. The third kappa shape index (κ3) is 3.88. The van der Waals surface area contributed by atoms with Gasteiger partial charge in [0.2, 0.25) is 10.0 Å². The van der Waals surface area contributed by atoms with Crippen LogP contribution in [0.1, 0.15) is 42.9 Å². The van der Waals surface area contributed by atoms with E-state index in [4.69, 9.17) is 4.74 Å². The van der Waals surface area contributed by atoms with E-state index in [1.165, 1.54) is 5.56 Å². The summed E-state index contributed by atoms with van der Waals surface area (Å²) in [6.45, 7) is 2.61. The summed E-state index contributed by atoms with van der Waals surface area (Å²) >= 11 is 0. The van der Waals surface area contributed by atoms with E-state index in [0.29, 0.717) is 17.2 Å². The van der Waals surface area contributed by atoms with Crippen molar-refractivity contribution in [2.75, 3.05) is 13.7 Å². The van der Waals surface area contributed by atoms with Crippen LogP contribution >= 0.6 is 0 Å². The molecular weight excluding hydrogens is 334 g/mol. The minimum Gasteiger partial charge on any atom is -0.497 e. The Morgan fingerprint density at radius 2 is 1.64 bits per heavy atom. The third-order valence-electron chi connectivity index (χ3n) is 4.83. The molecule has 25 heavy (non-hydrogen) atoms. The lowest BCUT2D eigenvalue weighted by molar-refractivity contribution is 0.329. The van der Waals surface area contributed by atoms with E-state index in [0.717, 1.165) is 31.2 Å². The first kappa shape index (κ1) is 18.0. The van der Waals surface area contributed by atoms with Crippen LogP contribution in [0.2, 0.25) is 0 Å². The predicted molar refractivity (Wildman–Crippen MR) is 99.3 cm³/mol. The van der Waals surface area contributed by atoms with Crippen molar-refractivity contribution >= 4 is 10.0 Å². The van der Waals surface area contributed by atoms with Gasteiger partial charge in [0.25, 0.3) is 0 Å². The normalized spacial score (nSPS) is 19.4. The molecule has 0 bridgehead atoms. The molecule has 5 heteroatoms. The minimum absolute atomic E-state index is 0.102. The molecule has 0 spiro atoms. The zero-order valence-electron chi connectivity index (χ0n) is 14.8. The van der Waals surface area contributed by atoms with Gasteiger partial charge in [-0.2, -0.15) is 4.31 Å². The van der Waals surface area contributed by atoms with Crippen molar-refractivity contribution in [2.45, 2.75) is 43.5 Å². The lowest BCUT2D eigenvalue weighted by Gasteiger charge is -2.29. The Balaban J connectivity index is 1.98. The molecule has 0 aliphatic carbocycles. The summed E-state index contributed by atoms with van der Waals surface area (Å²) in [7, 11) is -1.96. The Morgan fingerprint density at radius 1 is 0.960 bits per heavy atom. The predicted octanol–water partition coefficient (Wildman–Crippen LogP) is 4.31. The highest BCUT2D eigenvalue weighted by Gasteiger charge is 2.33. The quantitative estimate of drug-likeness (QED) is 0.817. The number of hydrogen-bond acceptors (Lipinski definition) is 3. The Hall–Kier alpha value is -1.85. The van der Waals surface area contributed by atoms with Gasteiger partial charge in [0.15, 0.2) is 0 Å². The van der Waals surface area contributed by atoms with E-state index >= 15 is 0 Å². The molecule has 4 nitrogen and oxygen atoms in total. The second-order valence-electron chi connectivity index (χ2n) is 6.57. The largest absolute Gasteiger partial charge is 0.497 e. The van der Waals surface area contributed by atoms with E-state index < -0.39 is 10.0 Å². The minimum atomic E-state index is -3.54. The average molecular weight is 359 g/mol. The SMILES string of the molecule is COc1ccc(S(=O)(=O)N2CCCCCC2c2ccc(C)cc2)cc1. The van der Waals surface area contributed by atoms with Gasteiger partial charge in [0, 0.05) is 6.54 Å². The maximum Gasteiger partial charge on any atom is 0.243 e. The topological polar surface area (TPSA) is 46.6 Å². The molecule has 0 saturated carbocycles. The molecule has 1 heterocycles. The number of ether oxygens (including phenoxy) is 1. The van der Waals surface area contributed by atoms with Crippen molar-refractivity contribution in [3.8, 4) is 5.75 Å². The molecule has 0 N–H and O–H groups in total. The van der Waals surface area contributed by atoms with Gasteiger partial charge in [-0.3, -0.25) is 0 Å². The van der Waals surface area contributed by atoms with Gasteiger partial charge in [-0.15, -0.1) is 0 Å². The van der Waals surface area contributed by atoms with E-state index in [1.54, 1.807) is 35.7 Å². The van der Waals surface area contributed by atoms with Crippen molar-refractivity contribution < 1.29 is 13.2 Å². The molecule has 3 rings (SSSR count). The van der Waals surface area contributed by atoms with Gasteiger partial charge >= 0.3 is 0 Å². The van der Waals surface area contributed by atoms with Gasteiger partial charge in [-0.25, -0.2) is 8.42 Å². The van der Waals surface area contributed by atoms with E-state index in [-0.39, 0.29) is 6.04 Å². The Morgan fingerprint density at radius 3 is 2.28 bits per heavy atom. The molecule has 1 atom stereocenters. The van der Waals surface area contributed by atoms with E-state index in [2.05, 4.69) is 24.3 Å². The number of methoxy groups -OCH3 is 1. The van der Waals surface area contributed by atoms with Crippen LogP contribution < -0.4 is 4.74 Å². The smallest absolute Gasteiger partial charge is 0.243 e. The van der Waals surface area contributed by atoms with Gasteiger partial charge in [-0.1, -0.05) is 42.7 Å². The Bertz CT molecular complexity index is 798. The standard InChI is InChI=1S/C20H25NO3S/c1-16-7-9-17(10-8-16)20-6-4-3-5-15-21(20)25(22,23)19-13-11-18(24-2)12-14-19/h7-14,20H,3-6,15H2,1-2H3. The molecule has 1 fully saturated rings. The number of benzene rings is 2. The van der Waals surface area contributed by atoms with Gasteiger partial charge in [-0.05, 0) is 49.6 Å².